The maximum Gasteiger partial charge on any atom is 0.137 e. The van der Waals surface area contributed by atoms with Gasteiger partial charge in [-0.1, -0.05) is 0 Å². The predicted molar refractivity (Wildman–Crippen MR) is 85.0 cm³/mol. The van der Waals surface area contributed by atoms with Crippen molar-refractivity contribution in [2.24, 2.45) is 18.4 Å². The van der Waals surface area contributed by atoms with Gasteiger partial charge in [-0.15, -0.1) is 0 Å². The van der Waals surface area contributed by atoms with Gasteiger partial charge in [0.25, 0.3) is 0 Å². The third-order valence-electron chi connectivity index (χ3n) is 4.92. The third kappa shape index (κ3) is 2.96. The zero-order chi connectivity index (χ0) is 15.7. The van der Waals surface area contributed by atoms with Crippen LogP contribution in [0.15, 0.2) is 36.9 Å². The van der Waals surface area contributed by atoms with Crippen molar-refractivity contribution in [1.29, 1.82) is 0 Å². The molecule has 0 radical (unpaired) electrons. The van der Waals surface area contributed by atoms with E-state index in [1.165, 1.54) is 5.56 Å². The molecule has 0 aromatic carbocycles. The molecule has 2 aliphatic rings. The zero-order valence-corrected chi connectivity index (χ0v) is 13.4. The van der Waals surface area contributed by atoms with Crippen LogP contribution >= 0.6 is 0 Å². The molecule has 23 heavy (non-hydrogen) atoms. The number of ether oxygens (including phenoxy) is 2. The van der Waals surface area contributed by atoms with Crippen molar-refractivity contribution in [2.45, 2.75) is 6.54 Å². The highest BCUT2D eigenvalue weighted by atomic mass is 16.5. The lowest BCUT2D eigenvalue weighted by Gasteiger charge is -2.27. The zero-order valence-electron chi connectivity index (χ0n) is 13.4. The lowest BCUT2D eigenvalue weighted by molar-refractivity contribution is 0.0899. The van der Waals surface area contributed by atoms with E-state index < -0.39 is 0 Å². The van der Waals surface area contributed by atoms with Crippen molar-refractivity contribution in [3.8, 4) is 5.75 Å². The number of aryl methyl sites for hydroxylation is 1. The number of nitrogens with zero attached hydrogens (tertiary/aromatic N) is 4. The Hall–Kier alpha value is -1.92. The molecule has 0 aliphatic carbocycles. The van der Waals surface area contributed by atoms with Gasteiger partial charge in [0.15, 0.2) is 0 Å². The SMILES string of the molecule is Cn1cc(CN2C[C@@H]3COC[C@]3(COc3cccnc3)C2)cn1. The van der Waals surface area contributed by atoms with Crippen molar-refractivity contribution in [3.05, 3.63) is 42.5 Å². The second-order valence-electron chi connectivity index (χ2n) is 6.74. The highest BCUT2D eigenvalue weighted by Gasteiger charge is 2.51. The van der Waals surface area contributed by atoms with E-state index in [-0.39, 0.29) is 5.41 Å². The second-order valence-corrected chi connectivity index (χ2v) is 6.74. The number of likely N-dealkylation sites (tertiary alicyclic amines) is 1. The fraction of sp³-hybridized carbons (Fsp3) is 0.529. The molecule has 2 aromatic heterocycles. The van der Waals surface area contributed by atoms with E-state index in [9.17, 15) is 0 Å². The van der Waals surface area contributed by atoms with E-state index in [0.29, 0.717) is 12.5 Å². The molecule has 2 aromatic rings. The molecule has 6 heteroatoms. The molecule has 2 atom stereocenters. The van der Waals surface area contributed by atoms with Crippen LogP contribution < -0.4 is 4.74 Å². The van der Waals surface area contributed by atoms with Crippen LogP contribution in [-0.4, -0.2) is 52.6 Å². The van der Waals surface area contributed by atoms with Gasteiger partial charge in [-0.25, -0.2) is 0 Å². The summed E-state index contributed by atoms with van der Waals surface area (Å²) in [6.45, 7) is 5.31. The van der Waals surface area contributed by atoms with Crippen LogP contribution in [0, 0.1) is 11.3 Å². The highest BCUT2D eigenvalue weighted by Crippen LogP contribution is 2.42. The summed E-state index contributed by atoms with van der Waals surface area (Å²) in [5, 5.41) is 4.26. The largest absolute Gasteiger partial charge is 0.491 e. The monoisotopic (exact) mass is 314 g/mol. The lowest BCUT2D eigenvalue weighted by Crippen LogP contribution is -2.36. The van der Waals surface area contributed by atoms with Crippen LogP contribution in [0.5, 0.6) is 5.75 Å². The van der Waals surface area contributed by atoms with E-state index >= 15 is 0 Å². The molecular formula is C17H22N4O2. The standard InChI is InChI=1S/C17H22N4O2/c1-20-7-14(5-19-20)8-21-9-15-10-22-12-17(15,11-21)13-23-16-3-2-4-18-6-16/h2-7,15H,8-13H2,1H3/t15-,17+/m1/s1. The van der Waals surface area contributed by atoms with Gasteiger partial charge >= 0.3 is 0 Å². The minimum Gasteiger partial charge on any atom is -0.491 e. The number of rotatable bonds is 5. The van der Waals surface area contributed by atoms with Gasteiger partial charge in [0, 0.05) is 56.0 Å². The van der Waals surface area contributed by atoms with Crippen LogP contribution in [0.25, 0.3) is 0 Å². The molecule has 0 saturated carbocycles. The molecule has 0 N–H and O–H groups in total. The Morgan fingerprint density at radius 3 is 3.17 bits per heavy atom. The summed E-state index contributed by atoms with van der Waals surface area (Å²) in [6, 6.07) is 3.86. The van der Waals surface area contributed by atoms with Gasteiger partial charge in [0.2, 0.25) is 0 Å². The summed E-state index contributed by atoms with van der Waals surface area (Å²) in [6.07, 6.45) is 7.56. The normalized spacial score (nSPS) is 27.3. The molecule has 2 aliphatic heterocycles. The minimum absolute atomic E-state index is 0.0953. The topological polar surface area (TPSA) is 52.4 Å². The Balaban J connectivity index is 1.42. The van der Waals surface area contributed by atoms with Gasteiger partial charge in [0.1, 0.15) is 5.75 Å². The van der Waals surface area contributed by atoms with Gasteiger partial charge in [-0.2, -0.15) is 5.10 Å². The Bertz CT molecular complexity index is 660. The van der Waals surface area contributed by atoms with Gasteiger partial charge in [-0.05, 0) is 12.1 Å². The van der Waals surface area contributed by atoms with Crippen molar-refractivity contribution < 1.29 is 9.47 Å². The Kier molecular flexibility index (Phi) is 3.79. The minimum atomic E-state index is 0.0953. The van der Waals surface area contributed by atoms with E-state index in [0.717, 1.165) is 38.6 Å². The summed E-state index contributed by atoms with van der Waals surface area (Å²) in [4.78, 5) is 6.61. The fourth-order valence-electron chi connectivity index (χ4n) is 3.74. The number of hydrogen-bond acceptors (Lipinski definition) is 5. The molecule has 6 nitrogen and oxygen atoms in total. The van der Waals surface area contributed by atoms with Crippen LogP contribution in [0.4, 0.5) is 0 Å². The first-order valence-corrected chi connectivity index (χ1v) is 8.04. The van der Waals surface area contributed by atoms with Gasteiger partial charge in [-0.3, -0.25) is 14.6 Å². The number of hydrogen-bond donors (Lipinski definition) is 0. The number of fused-ring (bicyclic) bond motifs is 1. The highest BCUT2D eigenvalue weighted by molar-refractivity contribution is 5.16. The molecule has 122 valence electrons. The summed E-state index contributed by atoms with van der Waals surface area (Å²) in [7, 11) is 1.96. The van der Waals surface area contributed by atoms with Crippen LogP contribution in [0.3, 0.4) is 0 Å². The summed E-state index contributed by atoms with van der Waals surface area (Å²) in [5.74, 6) is 1.37. The van der Waals surface area contributed by atoms with Crippen molar-refractivity contribution in [1.82, 2.24) is 19.7 Å². The molecular weight excluding hydrogens is 292 g/mol. The van der Waals surface area contributed by atoms with E-state index in [1.54, 1.807) is 12.4 Å². The fourth-order valence-corrected chi connectivity index (χ4v) is 3.74. The Morgan fingerprint density at radius 1 is 1.43 bits per heavy atom. The average Bonchev–Trinajstić information content (AvgIpc) is 3.21. The molecule has 4 heterocycles. The first-order chi connectivity index (χ1) is 11.2. The van der Waals surface area contributed by atoms with Crippen molar-refractivity contribution >= 4 is 0 Å². The van der Waals surface area contributed by atoms with Crippen molar-refractivity contribution in [2.75, 3.05) is 32.9 Å². The maximum absolute atomic E-state index is 6.01. The summed E-state index contributed by atoms with van der Waals surface area (Å²) in [5.41, 5.74) is 1.36. The van der Waals surface area contributed by atoms with E-state index in [1.807, 2.05) is 30.1 Å². The molecule has 2 saturated heterocycles. The van der Waals surface area contributed by atoms with Crippen LogP contribution in [0.2, 0.25) is 0 Å². The molecule has 0 amide bonds. The van der Waals surface area contributed by atoms with E-state index in [4.69, 9.17) is 9.47 Å². The lowest BCUT2D eigenvalue weighted by atomic mass is 9.82. The molecule has 4 rings (SSSR count). The molecule has 0 spiro atoms. The molecule has 2 fully saturated rings. The number of aromatic nitrogens is 3. The predicted octanol–water partition coefficient (Wildman–Crippen LogP) is 1.34. The average molecular weight is 314 g/mol. The van der Waals surface area contributed by atoms with Crippen LogP contribution in [0.1, 0.15) is 5.56 Å². The quantitative estimate of drug-likeness (QED) is 0.834. The van der Waals surface area contributed by atoms with Crippen molar-refractivity contribution in [3.63, 3.8) is 0 Å². The smallest absolute Gasteiger partial charge is 0.137 e. The second kappa shape index (κ2) is 5.94. The third-order valence-corrected chi connectivity index (χ3v) is 4.92. The summed E-state index contributed by atoms with van der Waals surface area (Å²) < 4.78 is 13.6. The Labute approximate surface area is 136 Å². The van der Waals surface area contributed by atoms with E-state index in [2.05, 4.69) is 21.2 Å². The number of pyridine rings is 1. The van der Waals surface area contributed by atoms with Gasteiger partial charge in [0.05, 0.1) is 32.2 Å². The first-order valence-electron chi connectivity index (χ1n) is 8.04. The molecule has 0 bridgehead atoms. The first kappa shape index (κ1) is 14.7. The molecule has 0 unspecified atom stereocenters. The Morgan fingerprint density at radius 2 is 2.39 bits per heavy atom. The van der Waals surface area contributed by atoms with Gasteiger partial charge < -0.3 is 9.47 Å². The maximum atomic E-state index is 6.01. The summed E-state index contributed by atoms with van der Waals surface area (Å²) >= 11 is 0. The van der Waals surface area contributed by atoms with Crippen LogP contribution in [-0.2, 0) is 18.3 Å².